The number of nitrogens with zero attached hydrogens (tertiary/aromatic N) is 1. The van der Waals surface area contributed by atoms with Gasteiger partial charge in [-0.3, -0.25) is 4.79 Å². The molecule has 1 aliphatic carbocycles. The number of rotatable bonds is 1. The summed E-state index contributed by atoms with van der Waals surface area (Å²) in [6.07, 6.45) is 6.10. The number of hydrogen-bond acceptors (Lipinski definition) is 3. The van der Waals surface area contributed by atoms with Crippen LogP contribution in [0, 0.1) is 5.92 Å². The SMILES string of the molecule is O=C(C1CCNC1)N1CCOC2CCCCC21. The van der Waals surface area contributed by atoms with Crippen molar-refractivity contribution >= 4 is 5.91 Å². The Kier molecular flexibility index (Phi) is 3.34. The molecule has 1 saturated carbocycles. The zero-order valence-electron chi connectivity index (χ0n) is 10.4. The van der Waals surface area contributed by atoms with E-state index < -0.39 is 0 Å². The quantitative estimate of drug-likeness (QED) is 0.733. The van der Waals surface area contributed by atoms with Gasteiger partial charge in [-0.1, -0.05) is 12.8 Å². The maximum atomic E-state index is 12.5. The molecule has 17 heavy (non-hydrogen) atoms. The molecule has 1 N–H and O–H groups in total. The lowest BCUT2D eigenvalue weighted by molar-refractivity contribution is -0.153. The molecule has 2 aliphatic heterocycles. The first-order chi connectivity index (χ1) is 8.36. The molecular formula is C13H22N2O2. The van der Waals surface area contributed by atoms with Crippen molar-refractivity contribution in [1.82, 2.24) is 10.2 Å². The highest BCUT2D eigenvalue weighted by Gasteiger charge is 2.39. The Morgan fingerprint density at radius 3 is 2.94 bits per heavy atom. The van der Waals surface area contributed by atoms with Crippen molar-refractivity contribution < 1.29 is 9.53 Å². The summed E-state index contributed by atoms with van der Waals surface area (Å²) >= 11 is 0. The number of hydrogen-bond donors (Lipinski definition) is 1. The van der Waals surface area contributed by atoms with Gasteiger partial charge in [0.05, 0.1) is 24.7 Å². The molecule has 2 heterocycles. The third-order valence-corrected chi connectivity index (χ3v) is 4.42. The molecular weight excluding hydrogens is 216 g/mol. The highest BCUT2D eigenvalue weighted by molar-refractivity contribution is 5.80. The lowest BCUT2D eigenvalue weighted by atomic mass is 9.89. The highest BCUT2D eigenvalue weighted by Crippen LogP contribution is 2.29. The number of nitrogens with one attached hydrogen (secondary N) is 1. The second-order valence-electron chi connectivity index (χ2n) is 5.48. The first-order valence-electron chi connectivity index (χ1n) is 6.99. The maximum Gasteiger partial charge on any atom is 0.227 e. The second-order valence-corrected chi connectivity index (χ2v) is 5.48. The first kappa shape index (κ1) is 11.5. The molecule has 3 unspecified atom stereocenters. The number of morpholine rings is 1. The number of carbonyl (C=O) groups is 1. The Morgan fingerprint density at radius 2 is 2.12 bits per heavy atom. The summed E-state index contributed by atoms with van der Waals surface area (Å²) in [5.74, 6) is 0.589. The molecule has 0 aromatic rings. The van der Waals surface area contributed by atoms with Crippen LogP contribution >= 0.6 is 0 Å². The minimum absolute atomic E-state index is 0.218. The van der Waals surface area contributed by atoms with Crippen molar-refractivity contribution in [3.8, 4) is 0 Å². The van der Waals surface area contributed by atoms with Crippen molar-refractivity contribution in [2.45, 2.75) is 44.2 Å². The van der Waals surface area contributed by atoms with Gasteiger partial charge in [-0.05, 0) is 25.8 Å². The van der Waals surface area contributed by atoms with Crippen molar-refractivity contribution in [2.75, 3.05) is 26.2 Å². The first-order valence-corrected chi connectivity index (χ1v) is 6.99. The number of fused-ring (bicyclic) bond motifs is 1. The van der Waals surface area contributed by atoms with Crippen LogP contribution in [-0.4, -0.2) is 49.2 Å². The molecule has 0 spiro atoms. The van der Waals surface area contributed by atoms with Gasteiger partial charge < -0.3 is 15.0 Å². The molecule has 4 heteroatoms. The van der Waals surface area contributed by atoms with Crippen LogP contribution in [0.2, 0.25) is 0 Å². The normalized spacial score (nSPS) is 37.9. The molecule has 1 amide bonds. The van der Waals surface area contributed by atoms with Crippen LogP contribution in [0.1, 0.15) is 32.1 Å². The van der Waals surface area contributed by atoms with E-state index in [4.69, 9.17) is 4.74 Å². The van der Waals surface area contributed by atoms with E-state index in [1.165, 1.54) is 12.8 Å². The van der Waals surface area contributed by atoms with Crippen LogP contribution in [-0.2, 0) is 9.53 Å². The van der Waals surface area contributed by atoms with Gasteiger partial charge in [0.1, 0.15) is 0 Å². The Morgan fingerprint density at radius 1 is 1.24 bits per heavy atom. The highest BCUT2D eigenvalue weighted by atomic mass is 16.5. The minimum Gasteiger partial charge on any atom is -0.374 e. The van der Waals surface area contributed by atoms with Crippen LogP contribution in [0.3, 0.4) is 0 Å². The molecule has 0 bridgehead atoms. The van der Waals surface area contributed by atoms with Crippen LogP contribution in [0.25, 0.3) is 0 Å². The lowest BCUT2D eigenvalue weighted by Gasteiger charge is -2.44. The van der Waals surface area contributed by atoms with E-state index in [2.05, 4.69) is 10.2 Å². The largest absolute Gasteiger partial charge is 0.374 e. The van der Waals surface area contributed by atoms with Gasteiger partial charge >= 0.3 is 0 Å². The Balaban J connectivity index is 1.69. The summed E-state index contributed by atoms with van der Waals surface area (Å²) in [5.41, 5.74) is 0. The van der Waals surface area contributed by atoms with Gasteiger partial charge in [0, 0.05) is 13.1 Å². The van der Waals surface area contributed by atoms with Crippen LogP contribution < -0.4 is 5.32 Å². The van der Waals surface area contributed by atoms with E-state index >= 15 is 0 Å². The fraction of sp³-hybridized carbons (Fsp3) is 0.923. The third kappa shape index (κ3) is 2.20. The number of amides is 1. The van der Waals surface area contributed by atoms with Crippen LogP contribution in [0.15, 0.2) is 0 Å². The topological polar surface area (TPSA) is 41.6 Å². The molecule has 96 valence electrons. The predicted octanol–water partition coefficient (Wildman–Crippen LogP) is 0.766. The van der Waals surface area contributed by atoms with E-state index in [9.17, 15) is 4.79 Å². The molecule has 3 rings (SSSR count). The number of carbonyl (C=O) groups excluding carboxylic acids is 1. The maximum absolute atomic E-state index is 12.5. The Labute approximate surface area is 103 Å². The zero-order chi connectivity index (χ0) is 11.7. The van der Waals surface area contributed by atoms with Gasteiger partial charge in [0.25, 0.3) is 0 Å². The average Bonchev–Trinajstić information content (AvgIpc) is 2.91. The molecule has 3 fully saturated rings. The van der Waals surface area contributed by atoms with Gasteiger partial charge in [0.15, 0.2) is 0 Å². The predicted molar refractivity (Wildman–Crippen MR) is 64.7 cm³/mol. The second kappa shape index (κ2) is 4.94. The summed E-state index contributed by atoms with van der Waals surface area (Å²) in [6, 6.07) is 0.366. The third-order valence-electron chi connectivity index (χ3n) is 4.42. The minimum atomic E-state index is 0.218. The standard InChI is InChI=1S/C13H22N2O2/c16-13(10-5-6-14-9-10)15-7-8-17-12-4-2-1-3-11(12)15/h10-12,14H,1-9H2. The average molecular weight is 238 g/mol. The zero-order valence-corrected chi connectivity index (χ0v) is 10.4. The van der Waals surface area contributed by atoms with Gasteiger partial charge in [0.2, 0.25) is 5.91 Å². The molecule has 4 nitrogen and oxygen atoms in total. The molecule has 0 aromatic carbocycles. The van der Waals surface area contributed by atoms with Gasteiger partial charge in [-0.25, -0.2) is 0 Å². The summed E-state index contributed by atoms with van der Waals surface area (Å²) < 4.78 is 5.82. The fourth-order valence-corrected chi connectivity index (χ4v) is 3.47. The van der Waals surface area contributed by atoms with E-state index in [1.807, 2.05) is 0 Å². The monoisotopic (exact) mass is 238 g/mol. The van der Waals surface area contributed by atoms with Crippen LogP contribution in [0.5, 0.6) is 0 Å². The summed E-state index contributed by atoms with van der Waals surface area (Å²) in [4.78, 5) is 14.6. The molecule has 2 saturated heterocycles. The molecule has 3 aliphatic rings. The molecule has 3 atom stereocenters. The summed E-state index contributed by atoms with van der Waals surface area (Å²) in [5, 5.41) is 3.29. The summed E-state index contributed by atoms with van der Waals surface area (Å²) in [7, 11) is 0. The van der Waals surface area contributed by atoms with E-state index in [0.717, 1.165) is 45.5 Å². The van der Waals surface area contributed by atoms with Crippen LogP contribution in [0.4, 0.5) is 0 Å². The Hall–Kier alpha value is -0.610. The Bertz CT molecular complexity index is 287. The van der Waals surface area contributed by atoms with Crippen molar-refractivity contribution in [3.05, 3.63) is 0 Å². The lowest BCUT2D eigenvalue weighted by Crippen LogP contribution is -2.56. The molecule has 0 radical (unpaired) electrons. The van der Waals surface area contributed by atoms with Gasteiger partial charge in [-0.2, -0.15) is 0 Å². The summed E-state index contributed by atoms with van der Waals surface area (Å²) in [6.45, 7) is 3.39. The van der Waals surface area contributed by atoms with Crippen molar-refractivity contribution in [1.29, 1.82) is 0 Å². The van der Waals surface area contributed by atoms with Gasteiger partial charge in [-0.15, -0.1) is 0 Å². The van der Waals surface area contributed by atoms with E-state index in [1.54, 1.807) is 0 Å². The molecule has 0 aromatic heterocycles. The smallest absolute Gasteiger partial charge is 0.227 e. The van der Waals surface area contributed by atoms with Crippen molar-refractivity contribution in [2.24, 2.45) is 5.92 Å². The number of ether oxygens (including phenoxy) is 1. The van der Waals surface area contributed by atoms with Crippen molar-refractivity contribution in [3.63, 3.8) is 0 Å². The van der Waals surface area contributed by atoms with E-state index in [0.29, 0.717) is 18.1 Å². The van der Waals surface area contributed by atoms with E-state index in [-0.39, 0.29) is 5.92 Å². The fourth-order valence-electron chi connectivity index (χ4n) is 3.47.